The Hall–Kier alpha value is -1.24. The van der Waals surface area contributed by atoms with Gasteiger partial charge in [0.2, 0.25) is 11.8 Å². The highest BCUT2D eigenvalue weighted by atomic mass is 35.5. The molecule has 0 unspecified atom stereocenters. The van der Waals surface area contributed by atoms with Gasteiger partial charge >= 0.3 is 0 Å². The molecule has 0 radical (unpaired) electrons. The SMILES string of the molecule is O=C(CSCC(=O)N1CCOCC1)N[C@H](c1cccc(Cl)c1)C1CCCC1. The number of ether oxygens (including phenoxy) is 1. The number of hydrogen-bond acceptors (Lipinski definition) is 4. The molecule has 3 rings (SSSR count). The topological polar surface area (TPSA) is 58.6 Å². The first-order valence-corrected chi connectivity index (χ1v) is 11.1. The van der Waals surface area contributed by atoms with Crippen LogP contribution in [0.15, 0.2) is 24.3 Å². The summed E-state index contributed by atoms with van der Waals surface area (Å²) in [5, 5.41) is 3.88. The Balaban J connectivity index is 1.51. The van der Waals surface area contributed by atoms with Gasteiger partial charge in [0.15, 0.2) is 0 Å². The standard InChI is InChI=1S/C20H27ClN2O3S/c21-17-7-3-6-16(12-17)20(15-4-1-2-5-15)22-18(24)13-27-14-19(25)23-8-10-26-11-9-23/h3,6-7,12,15,20H,1-2,4-5,8-11,13-14H2,(H,22,24)/t20-/m0/s1. The van der Waals surface area contributed by atoms with Crippen molar-refractivity contribution in [2.75, 3.05) is 37.8 Å². The Labute approximate surface area is 170 Å². The van der Waals surface area contributed by atoms with E-state index >= 15 is 0 Å². The molecule has 2 aliphatic rings. The van der Waals surface area contributed by atoms with Crippen molar-refractivity contribution in [3.8, 4) is 0 Å². The van der Waals surface area contributed by atoms with Crippen molar-refractivity contribution in [2.24, 2.45) is 5.92 Å². The predicted octanol–water partition coefficient (Wildman–Crippen LogP) is 3.28. The van der Waals surface area contributed by atoms with Crippen LogP contribution in [-0.2, 0) is 14.3 Å². The summed E-state index contributed by atoms with van der Waals surface area (Å²) in [7, 11) is 0. The van der Waals surface area contributed by atoms with Crippen LogP contribution >= 0.6 is 23.4 Å². The smallest absolute Gasteiger partial charge is 0.232 e. The number of rotatable bonds is 7. The van der Waals surface area contributed by atoms with Crippen LogP contribution in [0.2, 0.25) is 5.02 Å². The van der Waals surface area contributed by atoms with Crippen LogP contribution in [0, 0.1) is 5.92 Å². The number of morpholine rings is 1. The lowest BCUT2D eigenvalue weighted by molar-refractivity contribution is -0.132. The van der Waals surface area contributed by atoms with Gasteiger partial charge in [-0.25, -0.2) is 0 Å². The Morgan fingerprint density at radius 1 is 1.22 bits per heavy atom. The molecule has 0 bridgehead atoms. The third-order valence-electron chi connectivity index (χ3n) is 5.22. The number of hydrogen-bond donors (Lipinski definition) is 1. The summed E-state index contributed by atoms with van der Waals surface area (Å²) >= 11 is 7.53. The molecule has 1 N–H and O–H groups in total. The molecule has 1 atom stereocenters. The maximum Gasteiger partial charge on any atom is 0.232 e. The summed E-state index contributed by atoms with van der Waals surface area (Å²) in [6, 6.07) is 7.76. The number of carbonyl (C=O) groups is 2. The first kappa shape index (κ1) is 20.5. The van der Waals surface area contributed by atoms with E-state index in [2.05, 4.69) is 5.32 Å². The second-order valence-electron chi connectivity index (χ2n) is 7.13. The number of carbonyl (C=O) groups excluding carboxylic acids is 2. The summed E-state index contributed by atoms with van der Waals surface area (Å²) in [5.74, 6) is 1.13. The maximum absolute atomic E-state index is 12.5. The highest BCUT2D eigenvalue weighted by Gasteiger charge is 2.28. The number of amides is 2. The summed E-state index contributed by atoms with van der Waals surface area (Å²) in [6.07, 6.45) is 4.67. The lowest BCUT2D eigenvalue weighted by Gasteiger charge is -2.27. The Bertz CT molecular complexity index is 646. The number of nitrogens with zero attached hydrogens (tertiary/aromatic N) is 1. The largest absolute Gasteiger partial charge is 0.378 e. The molecule has 27 heavy (non-hydrogen) atoms. The molecule has 1 aromatic rings. The van der Waals surface area contributed by atoms with Crippen LogP contribution in [-0.4, -0.2) is 54.5 Å². The number of thioether (sulfide) groups is 1. The van der Waals surface area contributed by atoms with Crippen molar-refractivity contribution >= 4 is 35.2 Å². The lowest BCUT2D eigenvalue weighted by Crippen LogP contribution is -2.41. The molecule has 1 aromatic carbocycles. The van der Waals surface area contributed by atoms with E-state index in [4.69, 9.17) is 16.3 Å². The number of halogens is 1. The summed E-state index contributed by atoms with van der Waals surface area (Å²) in [6.45, 7) is 2.48. The van der Waals surface area contributed by atoms with E-state index < -0.39 is 0 Å². The van der Waals surface area contributed by atoms with E-state index in [9.17, 15) is 9.59 Å². The van der Waals surface area contributed by atoms with Gasteiger partial charge < -0.3 is 15.0 Å². The summed E-state index contributed by atoms with van der Waals surface area (Å²) < 4.78 is 5.26. The molecular weight excluding hydrogens is 384 g/mol. The summed E-state index contributed by atoms with van der Waals surface area (Å²) in [4.78, 5) is 26.5. The van der Waals surface area contributed by atoms with E-state index in [-0.39, 0.29) is 17.9 Å². The van der Waals surface area contributed by atoms with Crippen molar-refractivity contribution in [3.05, 3.63) is 34.9 Å². The van der Waals surface area contributed by atoms with Gasteiger partial charge in [-0.2, -0.15) is 0 Å². The molecule has 1 saturated carbocycles. The van der Waals surface area contributed by atoms with Crippen LogP contribution < -0.4 is 5.32 Å². The second-order valence-corrected chi connectivity index (χ2v) is 8.55. The van der Waals surface area contributed by atoms with Crippen molar-refractivity contribution < 1.29 is 14.3 Å². The van der Waals surface area contributed by atoms with Gasteiger partial charge in [0, 0.05) is 18.1 Å². The van der Waals surface area contributed by atoms with Gasteiger partial charge in [0.05, 0.1) is 30.8 Å². The van der Waals surface area contributed by atoms with Gasteiger partial charge in [-0.05, 0) is 36.5 Å². The molecule has 1 aliphatic carbocycles. The van der Waals surface area contributed by atoms with Crippen LogP contribution in [0.4, 0.5) is 0 Å². The van der Waals surface area contributed by atoms with E-state index in [1.54, 1.807) is 0 Å². The molecule has 0 spiro atoms. The van der Waals surface area contributed by atoms with Crippen molar-refractivity contribution in [1.29, 1.82) is 0 Å². The highest BCUT2D eigenvalue weighted by Crippen LogP contribution is 2.36. The molecule has 2 fully saturated rings. The van der Waals surface area contributed by atoms with Gasteiger partial charge in [0.25, 0.3) is 0 Å². The average molecular weight is 411 g/mol. The third-order valence-corrected chi connectivity index (χ3v) is 6.37. The Morgan fingerprint density at radius 3 is 2.67 bits per heavy atom. The summed E-state index contributed by atoms with van der Waals surface area (Å²) in [5.41, 5.74) is 1.07. The quantitative estimate of drug-likeness (QED) is 0.749. The fourth-order valence-electron chi connectivity index (χ4n) is 3.81. The average Bonchev–Trinajstić information content (AvgIpc) is 3.21. The first-order chi connectivity index (χ1) is 13.1. The van der Waals surface area contributed by atoms with Crippen molar-refractivity contribution in [1.82, 2.24) is 10.2 Å². The van der Waals surface area contributed by atoms with Gasteiger partial charge in [-0.1, -0.05) is 36.6 Å². The molecule has 1 heterocycles. The normalized spacial score (nSPS) is 19.1. The molecule has 5 nitrogen and oxygen atoms in total. The zero-order valence-corrected chi connectivity index (χ0v) is 17.1. The monoisotopic (exact) mass is 410 g/mol. The first-order valence-electron chi connectivity index (χ1n) is 9.61. The fourth-order valence-corrected chi connectivity index (χ4v) is 4.74. The zero-order chi connectivity index (χ0) is 19.1. The lowest BCUT2D eigenvalue weighted by atomic mass is 9.91. The third kappa shape index (κ3) is 6.13. The molecule has 148 valence electrons. The molecule has 1 saturated heterocycles. The van der Waals surface area contributed by atoms with E-state index in [0.717, 1.165) is 18.4 Å². The zero-order valence-electron chi connectivity index (χ0n) is 15.5. The van der Waals surface area contributed by atoms with Gasteiger partial charge in [-0.3, -0.25) is 9.59 Å². The number of nitrogens with one attached hydrogen (secondary N) is 1. The highest BCUT2D eigenvalue weighted by molar-refractivity contribution is 8.00. The van der Waals surface area contributed by atoms with Crippen molar-refractivity contribution in [2.45, 2.75) is 31.7 Å². The fraction of sp³-hybridized carbons (Fsp3) is 0.600. The van der Waals surface area contributed by atoms with Gasteiger partial charge in [0.1, 0.15) is 0 Å². The maximum atomic E-state index is 12.5. The van der Waals surface area contributed by atoms with E-state index in [0.29, 0.717) is 48.7 Å². The minimum atomic E-state index is -0.0216. The molecule has 2 amide bonds. The van der Waals surface area contributed by atoms with Crippen LogP contribution in [0.3, 0.4) is 0 Å². The van der Waals surface area contributed by atoms with Gasteiger partial charge in [-0.15, -0.1) is 11.8 Å². The van der Waals surface area contributed by atoms with Crippen LogP contribution in [0.25, 0.3) is 0 Å². The van der Waals surface area contributed by atoms with Crippen LogP contribution in [0.1, 0.15) is 37.3 Å². The molecule has 0 aromatic heterocycles. The Kier molecular flexibility index (Phi) is 7.85. The van der Waals surface area contributed by atoms with Crippen molar-refractivity contribution in [3.63, 3.8) is 0 Å². The predicted molar refractivity (Wildman–Crippen MR) is 109 cm³/mol. The number of benzene rings is 1. The Morgan fingerprint density at radius 2 is 1.96 bits per heavy atom. The molecule has 1 aliphatic heterocycles. The minimum Gasteiger partial charge on any atom is -0.378 e. The minimum absolute atomic E-state index is 0.00533. The van der Waals surface area contributed by atoms with Crippen LogP contribution in [0.5, 0.6) is 0 Å². The molecule has 7 heteroatoms. The van der Waals surface area contributed by atoms with E-state index in [1.165, 1.54) is 24.6 Å². The van der Waals surface area contributed by atoms with E-state index in [1.807, 2.05) is 29.2 Å². The molecular formula is C20H27ClN2O3S. The second kappa shape index (κ2) is 10.3.